The van der Waals surface area contributed by atoms with Gasteiger partial charge in [0.25, 0.3) is 0 Å². The summed E-state index contributed by atoms with van der Waals surface area (Å²) in [5.74, 6) is 0. The van der Waals surface area contributed by atoms with Gasteiger partial charge in [-0.1, -0.05) is 12.1 Å². The van der Waals surface area contributed by atoms with Crippen molar-refractivity contribution in [1.82, 2.24) is 4.98 Å². The summed E-state index contributed by atoms with van der Waals surface area (Å²) in [5, 5.41) is 0. The van der Waals surface area contributed by atoms with Gasteiger partial charge in [-0.05, 0) is 55.6 Å². The molecule has 18 heavy (non-hydrogen) atoms. The standard InChI is InChI=1S/C12H6Br2F3N/c13-10-5-8(6-18-11(10)14)7-1-3-9(4-2-7)12(15,16)17/h1-6H. The molecule has 0 aliphatic rings. The number of aromatic nitrogens is 1. The second kappa shape index (κ2) is 5.01. The SMILES string of the molecule is FC(F)(F)c1ccc(-c2cnc(Br)c(Br)c2)cc1. The monoisotopic (exact) mass is 379 g/mol. The second-order valence-electron chi connectivity index (χ2n) is 3.57. The van der Waals surface area contributed by atoms with Crippen LogP contribution in [0.3, 0.4) is 0 Å². The summed E-state index contributed by atoms with van der Waals surface area (Å²) in [7, 11) is 0. The van der Waals surface area contributed by atoms with Crippen LogP contribution in [0.4, 0.5) is 13.2 Å². The Hall–Kier alpha value is -0.880. The van der Waals surface area contributed by atoms with Gasteiger partial charge in [0.2, 0.25) is 0 Å². The lowest BCUT2D eigenvalue weighted by molar-refractivity contribution is -0.137. The van der Waals surface area contributed by atoms with E-state index < -0.39 is 11.7 Å². The first-order chi connectivity index (χ1) is 8.38. The molecule has 1 aromatic carbocycles. The van der Waals surface area contributed by atoms with Crippen LogP contribution in [0.5, 0.6) is 0 Å². The molecule has 1 heterocycles. The van der Waals surface area contributed by atoms with Crippen LogP contribution in [0.1, 0.15) is 5.56 Å². The van der Waals surface area contributed by atoms with Crippen LogP contribution < -0.4 is 0 Å². The fourth-order valence-corrected chi connectivity index (χ4v) is 2.00. The fourth-order valence-electron chi connectivity index (χ4n) is 1.43. The molecule has 0 amide bonds. The van der Waals surface area contributed by atoms with E-state index in [0.717, 1.165) is 22.2 Å². The van der Waals surface area contributed by atoms with Crippen molar-refractivity contribution in [1.29, 1.82) is 0 Å². The van der Waals surface area contributed by atoms with Crippen LogP contribution in [-0.2, 0) is 6.18 Å². The zero-order valence-corrected chi connectivity index (χ0v) is 12.0. The molecule has 0 aliphatic carbocycles. The number of halogens is 5. The molecule has 0 saturated carbocycles. The maximum atomic E-state index is 12.4. The predicted molar refractivity (Wildman–Crippen MR) is 70.1 cm³/mol. The third-order valence-electron chi connectivity index (χ3n) is 2.34. The summed E-state index contributed by atoms with van der Waals surface area (Å²) < 4.78 is 38.6. The van der Waals surface area contributed by atoms with Crippen molar-refractivity contribution in [2.24, 2.45) is 0 Å². The Bertz CT molecular complexity index is 565. The molecule has 2 aromatic rings. The van der Waals surface area contributed by atoms with Crippen molar-refractivity contribution < 1.29 is 13.2 Å². The molecule has 0 saturated heterocycles. The van der Waals surface area contributed by atoms with Crippen LogP contribution >= 0.6 is 31.9 Å². The Labute approximate surface area is 118 Å². The van der Waals surface area contributed by atoms with E-state index in [9.17, 15) is 13.2 Å². The lowest BCUT2D eigenvalue weighted by atomic mass is 10.1. The van der Waals surface area contributed by atoms with Crippen LogP contribution in [0.15, 0.2) is 45.6 Å². The Morgan fingerprint density at radius 3 is 2.06 bits per heavy atom. The summed E-state index contributed by atoms with van der Waals surface area (Å²) in [6, 6.07) is 6.77. The summed E-state index contributed by atoms with van der Waals surface area (Å²) in [4.78, 5) is 4.07. The van der Waals surface area contributed by atoms with E-state index in [1.807, 2.05) is 0 Å². The predicted octanol–water partition coefficient (Wildman–Crippen LogP) is 5.29. The van der Waals surface area contributed by atoms with Crippen molar-refractivity contribution in [3.05, 3.63) is 51.2 Å². The average Bonchev–Trinajstić information content (AvgIpc) is 2.32. The second-order valence-corrected chi connectivity index (χ2v) is 5.18. The normalized spacial score (nSPS) is 11.6. The minimum Gasteiger partial charge on any atom is -0.248 e. The zero-order chi connectivity index (χ0) is 13.3. The van der Waals surface area contributed by atoms with E-state index in [2.05, 4.69) is 36.8 Å². The van der Waals surface area contributed by atoms with Crippen LogP contribution in [0, 0.1) is 0 Å². The van der Waals surface area contributed by atoms with Gasteiger partial charge < -0.3 is 0 Å². The number of nitrogens with zero attached hydrogens (tertiary/aromatic N) is 1. The highest BCUT2D eigenvalue weighted by molar-refractivity contribution is 9.13. The Morgan fingerprint density at radius 1 is 0.944 bits per heavy atom. The molecule has 0 radical (unpaired) electrons. The molecule has 1 aromatic heterocycles. The van der Waals surface area contributed by atoms with E-state index in [0.29, 0.717) is 10.2 Å². The lowest BCUT2D eigenvalue weighted by Crippen LogP contribution is -2.03. The summed E-state index contributed by atoms with van der Waals surface area (Å²) in [6.07, 6.45) is -2.71. The van der Waals surface area contributed by atoms with E-state index in [1.165, 1.54) is 12.1 Å². The van der Waals surface area contributed by atoms with Gasteiger partial charge in [-0.15, -0.1) is 0 Å². The van der Waals surface area contributed by atoms with E-state index in [1.54, 1.807) is 12.3 Å². The van der Waals surface area contributed by atoms with Gasteiger partial charge in [0.1, 0.15) is 4.60 Å². The molecule has 0 spiro atoms. The summed E-state index contributed by atoms with van der Waals surface area (Å²) >= 11 is 6.53. The Kier molecular flexibility index (Phi) is 3.77. The largest absolute Gasteiger partial charge is 0.416 e. The molecule has 6 heteroatoms. The molecule has 0 aliphatic heterocycles. The third kappa shape index (κ3) is 2.92. The summed E-state index contributed by atoms with van der Waals surface area (Å²) in [6.45, 7) is 0. The average molecular weight is 381 g/mol. The summed E-state index contributed by atoms with van der Waals surface area (Å²) in [5.41, 5.74) is 0.776. The molecule has 0 atom stereocenters. The van der Waals surface area contributed by atoms with E-state index in [4.69, 9.17) is 0 Å². The van der Waals surface area contributed by atoms with Crippen molar-refractivity contribution in [2.45, 2.75) is 6.18 Å². The molecular weight excluding hydrogens is 375 g/mol. The number of benzene rings is 1. The minimum absolute atomic E-state index is 0.651. The maximum absolute atomic E-state index is 12.4. The van der Waals surface area contributed by atoms with Gasteiger partial charge in [-0.25, -0.2) is 4.98 Å². The number of pyridine rings is 1. The van der Waals surface area contributed by atoms with Crippen molar-refractivity contribution in [2.75, 3.05) is 0 Å². The Morgan fingerprint density at radius 2 is 1.56 bits per heavy atom. The molecule has 0 bridgehead atoms. The number of hydrogen-bond acceptors (Lipinski definition) is 1. The van der Waals surface area contributed by atoms with Crippen molar-refractivity contribution >= 4 is 31.9 Å². The van der Waals surface area contributed by atoms with E-state index in [-0.39, 0.29) is 0 Å². The maximum Gasteiger partial charge on any atom is 0.416 e. The zero-order valence-electron chi connectivity index (χ0n) is 8.80. The topological polar surface area (TPSA) is 12.9 Å². The molecule has 94 valence electrons. The van der Waals surface area contributed by atoms with Gasteiger partial charge >= 0.3 is 6.18 Å². The molecular formula is C12H6Br2F3N. The minimum atomic E-state index is -4.31. The molecule has 0 N–H and O–H groups in total. The van der Waals surface area contributed by atoms with Gasteiger partial charge in [0, 0.05) is 11.8 Å². The van der Waals surface area contributed by atoms with Crippen LogP contribution in [0.25, 0.3) is 11.1 Å². The van der Waals surface area contributed by atoms with Gasteiger partial charge in [-0.2, -0.15) is 13.2 Å². The smallest absolute Gasteiger partial charge is 0.248 e. The van der Waals surface area contributed by atoms with Crippen LogP contribution in [-0.4, -0.2) is 4.98 Å². The highest BCUT2D eigenvalue weighted by Crippen LogP contribution is 2.32. The third-order valence-corrected chi connectivity index (χ3v) is 4.11. The number of rotatable bonds is 1. The van der Waals surface area contributed by atoms with Gasteiger partial charge in [-0.3, -0.25) is 0 Å². The first-order valence-electron chi connectivity index (χ1n) is 4.86. The van der Waals surface area contributed by atoms with E-state index >= 15 is 0 Å². The van der Waals surface area contributed by atoms with Crippen molar-refractivity contribution in [3.8, 4) is 11.1 Å². The molecule has 2 rings (SSSR count). The highest BCUT2D eigenvalue weighted by Gasteiger charge is 2.29. The number of alkyl halides is 3. The molecule has 1 nitrogen and oxygen atoms in total. The fraction of sp³-hybridized carbons (Fsp3) is 0.0833. The first kappa shape index (κ1) is 13.5. The number of hydrogen-bond donors (Lipinski definition) is 0. The lowest BCUT2D eigenvalue weighted by Gasteiger charge is -2.08. The van der Waals surface area contributed by atoms with Gasteiger partial charge in [0.15, 0.2) is 0 Å². The molecule has 0 fully saturated rings. The van der Waals surface area contributed by atoms with Gasteiger partial charge in [0.05, 0.1) is 10.0 Å². The Balaban J connectivity index is 2.37. The molecule has 0 unspecified atom stereocenters. The quantitative estimate of drug-likeness (QED) is 0.612. The van der Waals surface area contributed by atoms with Crippen molar-refractivity contribution in [3.63, 3.8) is 0 Å². The highest BCUT2D eigenvalue weighted by atomic mass is 79.9. The van der Waals surface area contributed by atoms with Crippen LogP contribution in [0.2, 0.25) is 0 Å². The first-order valence-corrected chi connectivity index (χ1v) is 6.45.